The molecule has 3 nitrogen and oxygen atoms in total. The minimum Gasteiger partial charge on any atom is -0.507 e. The molecule has 2 N–H and O–H groups in total. The Morgan fingerprint density at radius 3 is 2.53 bits per heavy atom. The van der Waals surface area contributed by atoms with Gasteiger partial charge in [0.1, 0.15) is 12.2 Å². The van der Waals surface area contributed by atoms with Crippen LogP contribution in [0.3, 0.4) is 0 Å². The van der Waals surface area contributed by atoms with Crippen molar-refractivity contribution >= 4 is 5.97 Å². The zero-order valence-electron chi connectivity index (χ0n) is 8.38. The van der Waals surface area contributed by atoms with E-state index in [-0.39, 0.29) is 5.56 Å². The first-order valence-electron chi connectivity index (χ1n) is 4.41. The molecule has 0 radical (unpaired) electrons. The second-order valence-electron chi connectivity index (χ2n) is 3.10. The van der Waals surface area contributed by atoms with Gasteiger partial charge in [-0.2, -0.15) is 13.2 Å². The number of aliphatic carboxylic acids is 1. The van der Waals surface area contributed by atoms with Crippen molar-refractivity contribution in [1.82, 2.24) is 0 Å². The number of phenols is 1. The number of carboxylic acids is 1. The number of carbonyl (C=O) groups is 1. The maximum Gasteiger partial charge on any atom is 0.419 e. The van der Waals surface area contributed by atoms with E-state index in [0.29, 0.717) is 6.07 Å². The van der Waals surface area contributed by atoms with Crippen molar-refractivity contribution in [1.29, 1.82) is 0 Å². The van der Waals surface area contributed by atoms with Crippen molar-refractivity contribution in [3.05, 3.63) is 29.3 Å². The van der Waals surface area contributed by atoms with Gasteiger partial charge in [0.25, 0.3) is 0 Å². The van der Waals surface area contributed by atoms with E-state index in [9.17, 15) is 18.0 Å². The fourth-order valence-electron chi connectivity index (χ4n) is 1.06. The van der Waals surface area contributed by atoms with E-state index >= 15 is 0 Å². The lowest BCUT2D eigenvalue weighted by Gasteiger charge is -2.08. The minimum atomic E-state index is -4.67. The van der Waals surface area contributed by atoms with Gasteiger partial charge in [0.15, 0.2) is 0 Å². The zero-order chi connectivity index (χ0) is 13.1. The van der Waals surface area contributed by atoms with Crippen LogP contribution in [-0.4, -0.2) is 16.2 Å². The average molecular weight is 244 g/mol. The third-order valence-corrected chi connectivity index (χ3v) is 1.77. The normalized spacial score (nSPS) is 10.5. The molecule has 0 fully saturated rings. The Balaban J connectivity index is 3.04. The molecule has 0 heterocycles. The number of benzene rings is 1. The van der Waals surface area contributed by atoms with Crippen molar-refractivity contribution in [2.24, 2.45) is 0 Å². The molecule has 1 aromatic carbocycles. The lowest BCUT2D eigenvalue weighted by atomic mass is 10.1. The first kappa shape index (κ1) is 12.9. The van der Waals surface area contributed by atoms with E-state index in [0.717, 1.165) is 6.07 Å². The van der Waals surface area contributed by atoms with Gasteiger partial charge in [-0.15, -0.1) is 0 Å². The highest BCUT2D eigenvalue weighted by atomic mass is 19.4. The zero-order valence-corrected chi connectivity index (χ0v) is 8.38. The summed E-state index contributed by atoms with van der Waals surface area (Å²) < 4.78 is 37.1. The van der Waals surface area contributed by atoms with Gasteiger partial charge in [0, 0.05) is 5.56 Å². The molecule has 0 atom stereocenters. The Labute approximate surface area is 94.5 Å². The molecule has 90 valence electrons. The monoisotopic (exact) mass is 244 g/mol. The summed E-state index contributed by atoms with van der Waals surface area (Å²) in [5.41, 5.74) is -1.20. The van der Waals surface area contributed by atoms with Gasteiger partial charge in [-0.3, -0.25) is 4.79 Å². The van der Waals surface area contributed by atoms with Crippen molar-refractivity contribution in [2.45, 2.75) is 12.6 Å². The van der Waals surface area contributed by atoms with Crippen molar-refractivity contribution < 1.29 is 28.2 Å². The number of phenolic OH excluding ortho intramolecular Hbond substituents is 1. The van der Waals surface area contributed by atoms with Gasteiger partial charge >= 0.3 is 12.1 Å². The second-order valence-corrected chi connectivity index (χ2v) is 3.10. The molecule has 0 unspecified atom stereocenters. The van der Waals surface area contributed by atoms with Gasteiger partial charge in [-0.25, -0.2) is 0 Å². The summed E-state index contributed by atoms with van der Waals surface area (Å²) >= 11 is 0. The highest BCUT2D eigenvalue weighted by Gasteiger charge is 2.33. The van der Waals surface area contributed by atoms with E-state index in [1.54, 1.807) is 0 Å². The molecule has 0 aromatic heterocycles. The summed E-state index contributed by atoms with van der Waals surface area (Å²) in [5.74, 6) is 2.43. The summed E-state index contributed by atoms with van der Waals surface area (Å²) in [6.07, 6.45) is -5.13. The van der Waals surface area contributed by atoms with Crippen LogP contribution in [0.4, 0.5) is 13.2 Å². The second kappa shape index (κ2) is 4.78. The number of alkyl halides is 3. The van der Waals surface area contributed by atoms with E-state index in [2.05, 4.69) is 11.8 Å². The number of rotatable bonds is 1. The molecule has 0 saturated carbocycles. The molecule has 6 heteroatoms. The number of halogens is 3. The van der Waals surface area contributed by atoms with Crippen molar-refractivity contribution in [3.63, 3.8) is 0 Å². The first-order chi connectivity index (χ1) is 7.80. The van der Waals surface area contributed by atoms with Gasteiger partial charge in [0.05, 0.1) is 5.56 Å². The predicted octanol–water partition coefficient (Wildman–Crippen LogP) is 2.24. The van der Waals surface area contributed by atoms with Gasteiger partial charge < -0.3 is 10.2 Å². The van der Waals surface area contributed by atoms with Gasteiger partial charge in [-0.05, 0) is 18.2 Å². The van der Waals surface area contributed by atoms with Crippen LogP contribution in [0.2, 0.25) is 0 Å². The lowest BCUT2D eigenvalue weighted by molar-refractivity contribution is -0.139. The molecule has 0 aliphatic carbocycles. The van der Waals surface area contributed by atoms with E-state index < -0.39 is 29.9 Å². The summed E-state index contributed by atoms with van der Waals surface area (Å²) in [6.45, 7) is 0. The fourth-order valence-corrected chi connectivity index (χ4v) is 1.06. The van der Waals surface area contributed by atoms with Crippen molar-refractivity contribution in [3.8, 4) is 17.6 Å². The number of aromatic hydroxyl groups is 1. The van der Waals surface area contributed by atoms with Crippen LogP contribution in [0.15, 0.2) is 18.2 Å². The van der Waals surface area contributed by atoms with Crippen LogP contribution in [0.5, 0.6) is 5.75 Å². The molecule has 1 aromatic rings. The Bertz CT molecular complexity index is 495. The van der Waals surface area contributed by atoms with Gasteiger partial charge in [0.2, 0.25) is 0 Å². The summed E-state index contributed by atoms with van der Waals surface area (Å²) in [4.78, 5) is 10.1. The Morgan fingerprint density at radius 1 is 1.35 bits per heavy atom. The number of carboxylic acid groups (broad SMARTS) is 1. The molecule has 0 amide bonds. The highest BCUT2D eigenvalue weighted by molar-refractivity contribution is 5.70. The molecule has 0 bridgehead atoms. The summed E-state index contributed by atoms with van der Waals surface area (Å²) in [7, 11) is 0. The minimum absolute atomic E-state index is 0.00336. The Kier molecular flexibility index (Phi) is 3.63. The van der Waals surface area contributed by atoms with Crippen molar-refractivity contribution in [2.75, 3.05) is 0 Å². The number of hydrogen-bond donors (Lipinski definition) is 2. The molecule has 1 rings (SSSR count). The average Bonchev–Trinajstić information content (AvgIpc) is 2.18. The maximum atomic E-state index is 12.4. The van der Waals surface area contributed by atoms with E-state index in [1.807, 2.05) is 0 Å². The SMILES string of the molecule is O=C(O)CC#Cc1ccc(O)c(C(F)(F)F)c1. The highest BCUT2D eigenvalue weighted by Crippen LogP contribution is 2.35. The third-order valence-electron chi connectivity index (χ3n) is 1.77. The Morgan fingerprint density at radius 2 is 2.00 bits per heavy atom. The quantitative estimate of drug-likeness (QED) is 0.745. The van der Waals surface area contributed by atoms with Crippen LogP contribution < -0.4 is 0 Å². The van der Waals surface area contributed by atoms with Crippen LogP contribution in [0.1, 0.15) is 17.5 Å². The molecule has 0 aliphatic heterocycles. The smallest absolute Gasteiger partial charge is 0.419 e. The summed E-state index contributed by atoms with van der Waals surface area (Å²) in [5, 5.41) is 17.3. The van der Waals surface area contributed by atoms with Crippen LogP contribution in [0.25, 0.3) is 0 Å². The lowest BCUT2D eigenvalue weighted by Crippen LogP contribution is -2.05. The summed E-state index contributed by atoms with van der Waals surface area (Å²) in [6, 6.07) is 2.72. The molecular formula is C11H7F3O3. The predicted molar refractivity (Wildman–Crippen MR) is 52.2 cm³/mol. The molecular weight excluding hydrogens is 237 g/mol. The largest absolute Gasteiger partial charge is 0.507 e. The standard InChI is InChI=1S/C11H7F3O3/c12-11(13,14)8-6-7(4-5-9(8)15)2-1-3-10(16)17/h4-6,15H,3H2,(H,16,17). The first-order valence-corrected chi connectivity index (χ1v) is 4.41. The van der Waals surface area contributed by atoms with Crippen LogP contribution >= 0.6 is 0 Å². The molecule has 0 aliphatic rings. The van der Waals surface area contributed by atoms with E-state index in [1.165, 1.54) is 6.07 Å². The molecule has 0 saturated heterocycles. The van der Waals surface area contributed by atoms with Gasteiger partial charge in [-0.1, -0.05) is 11.8 Å². The maximum absolute atomic E-state index is 12.4. The third kappa shape index (κ3) is 3.72. The van der Waals surface area contributed by atoms with Crippen LogP contribution in [-0.2, 0) is 11.0 Å². The molecule has 17 heavy (non-hydrogen) atoms. The Hall–Kier alpha value is -2.16. The van der Waals surface area contributed by atoms with Crippen LogP contribution in [0, 0.1) is 11.8 Å². The fraction of sp³-hybridized carbons (Fsp3) is 0.182. The topological polar surface area (TPSA) is 57.5 Å². The number of hydrogen-bond acceptors (Lipinski definition) is 2. The molecule has 0 spiro atoms. The van der Waals surface area contributed by atoms with E-state index in [4.69, 9.17) is 10.2 Å².